The van der Waals surface area contributed by atoms with Crippen LogP contribution in [0.5, 0.6) is 0 Å². The topological polar surface area (TPSA) is 19.4 Å². The van der Waals surface area contributed by atoms with Crippen molar-refractivity contribution in [2.24, 2.45) is 0 Å². The fourth-order valence-corrected chi connectivity index (χ4v) is 2.69. The first-order valence-electron chi connectivity index (χ1n) is 6.21. The third kappa shape index (κ3) is 3.76. The Morgan fingerprint density at radius 1 is 1.24 bits per heavy atom. The first-order chi connectivity index (χ1) is 8.29. The second-order valence-corrected chi connectivity index (χ2v) is 5.37. The Bertz CT molecular complexity index is 348. The molecule has 0 N–H and O–H groups in total. The van der Waals surface area contributed by atoms with Crippen LogP contribution in [0.15, 0.2) is 18.3 Å². The Labute approximate surface area is 112 Å². The number of rotatable bonds is 4. The SMILES string of the molecule is Cc1cccnc1CN1CCN(CCBr)CC1. The van der Waals surface area contributed by atoms with Crippen LogP contribution in [0.1, 0.15) is 11.3 Å². The van der Waals surface area contributed by atoms with E-state index in [1.54, 1.807) is 0 Å². The van der Waals surface area contributed by atoms with Gasteiger partial charge in [0.15, 0.2) is 0 Å². The van der Waals surface area contributed by atoms with E-state index in [0.717, 1.165) is 31.5 Å². The molecule has 94 valence electrons. The maximum atomic E-state index is 4.46. The molecule has 1 aromatic heterocycles. The van der Waals surface area contributed by atoms with E-state index in [1.807, 2.05) is 12.3 Å². The Morgan fingerprint density at radius 2 is 1.94 bits per heavy atom. The van der Waals surface area contributed by atoms with Crippen molar-refractivity contribution in [2.75, 3.05) is 38.1 Å². The zero-order valence-corrected chi connectivity index (χ0v) is 12.0. The summed E-state index contributed by atoms with van der Waals surface area (Å²) in [7, 11) is 0. The summed E-state index contributed by atoms with van der Waals surface area (Å²) in [6.45, 7) is 8.97. The number of hydrogen-bond donors (Lipinski definition) is 0. The molecule has 0 radical (unpaired) electrons. The number of halogens is 1. The highest BCUT2D eigenvalue weighted by molar-refractivity contribution is 9.09. The van der Waals surface area contributed by atoms with Gasteiger partial charge in [0.2, 0.25) is 0 Å². The molecule has 17 heavy (non-hydrogen) atoms. The first kappa shape index (κ1) is 13.0. The maximum Gasteiger partial charge on any atom is 0.0573 e. The Hall–Kier alpha value is -0.450. The minimum atomic E-state index is 0.995. The minimum absolute atomic E-state index is 0.995. The zero-order chi connectivity index (χ0) is 12.1. The van der Waals surface area contributed by atoms with Gasteiger partial charge in [0.1, 0.15) is 0 Å². The normalized spacial score (nSPS) is 18.5. The van der Waals surface area contributed by atoms with Gasteiger partial charge in [0.25, 0.3) is 0 Å². The first-order valence-corrected chi connectivity index (χ1v) is 7.33. The third-order valence-corrected chi connectivity index (χ3v) is 3.71. The summed E-state index contributed by atoms with van der Waals surface area (Å²) in [5.74, 6) is 0. The van der Waals surface area contributed by atoms with Gasteiger partial charge < -0.3 is 0 Å². The molecular formula is C13H20BrN3. The smallest absolute Gasteiger partial charge is 0.0573 e. The molecule has 0 unspecified atom stereocenters. The molecular weight excluding hydrogens is 278 g/mol. The summed E-state index contributed by atoms with van der Waals surface area (Å²) in [5.41, 5.74) is 2.52. The number of hydrogen-bond acceptors (Lipinski definition) is 3. The molecule has 0 aromatic carbocycles. The predicted octanol–water partition coefficient (Wildman–Crippen LogP) is 1.90. The van der Waals surface area contributed by atoms with Crippen molar-refractivity contribution in [3.63, 3.8) is 0 Å². The molecule has 1 fully saturated rings. The number of alkyl halides is 1. The number of aromatic nitrogens is 1. The fourth-order valence-electron chi connectivity index (χ4n) is 2.19. The molecule has 0 bridgehead atoms. The van der Waals surface area contributed by atoms with Crippen LogP contribution in [0.3, 0.4) is 0 Å². The van der Waals surface area contributed by atoms with Crippen LogP contribution in [0.25, 0.3) is 0 Å². The molecule has 1 aromatic rings. The van der Waals surface area contributed by atoms with Gasteiger partial charge in [-0.1, -0.05) is 22.0 Å². The minimum Gasteiger partial charge on any atom is -0.300 e. The van der Waals surface area contributed by atoms with Crippen LogP contribution in [0.4, 0.5) is 0 Å². The molecule has 2 rings (SSSR count). The Balaban J connectivity index is 1.84. The number of aryl methyl sites for hydroxylation is 1. The summed E-state index contributed by atoms with van der Waals surface area (Å²) in [6.07, 6.45) is 1.89. The van der Waals surface area contributed by atoms with Gasteiger partial charge in [0, 0.05) is 50.8 Å². The monoisotopic (exact) mass is 297 g/mol. The average Bonchev–Trinajstić information content (AvgIpc) is 2.35. The van der Waals surface area contributed by atoms with Crippen LogP contribution < -0.4 is 0 Å². The molecule has 0 saturated carbocycles. The van der Waals surface area contributed by atoms with Crippen molar-refractivity contribution in [1.29, 1.82) is 0 Å². The lowest BCUT2D eigenvalue weighted by Crippen LogP contribution is -2.46. The lowest BCUT2D eigenvalue weighted by atomic mass is 10.2. The predicted molar refractivity (Wildman–Crippen MR) is 74.5 cm³/mol. The maximum absolute atomic E-state index is 4.46. The van der Waals surface area contributed by atoms with Gasteiger partial charge in [0.05, 0.1) is 5.69 Å². The highest BCUT2D eigenvalue weighted by Gasteiger charge is 2.16. The second-order valence-electron chi connectivity index (χ2n) is 4.57. The van der Waals surface area contributed by atoms with E-state index in [0.29, 0.717) is 0 Å². The van der Waals surface area contributed by atoms with Gasteiger partial charge in [-0.25, -0.2) is 0 Å². The van der Waals surface area contributed by atoms with Crippen molar-refractivity contribution < 1.29 is 0 Å². The van der Waals surface area contributed by atoms with E-state index in [-0.39, 0.29) is 0 Å². The molecule has 0 amide bonds. The molecule has 0 aliphatic carbocycles. The second kappa shape index (κ2) is 6.47. The molecule has 1 aliphatic heterocycles. The standard InChI is InChI=1S/C13H20BrN3/c1-12-3-2-5-15-13(12)11-17-9-7-16(6-4-14)8-10-17/h2-3,5H,4,6-11H2,1H3. The average molecular weight is 298 g/mol. The molecule has 2 heterocycles. The summed E-state index contributed by atoms with van der Waals surface area (Å²) in [5, 5.41) is 1.08. The zero-order valence-electron chi connectivity index (χ0n) is 10.4. The van der Waals surface area contributed by atoms with E-state index in [2.05, 4.69) is 43.7 Å². The van der Waals surface area contributed by atoms with Crippen LogP contribution in [0, 0.1) is 6.92 Å². The van der Waals surface area contributed by atoms with Crippen molar-refractivity contribution in [3.05, 3.63) is 29.6 Å². The Kier molecular flexibility index (Phi) is 4.95. The summed E-state index contributed by atoms with van der Waals surface area (Å²) >= 11 is 3.50. The van der Waals surface area contributed by atoms with E-state index in [9.17, 15) is 0 Å². The van der Waals surface area contributed by atoms with Crippen LogP contribution in [-0.4, -0.2) is 52.8 Å². The lowest BCUT2D eigenvalue weighted by molar-refractivity contribution is 0.131. The van der Waals surface area contributed by atoms with E-state index >= 15 is 0 Å². The van der Waals surface area contributed by atoms with Crippen molar-refractivity contribution in [1.82, 2.24) is 14.8 Å². The molecule has 0 spiro atoms. The quantitative estimate of drug-likeness (QED) is 0.792. The van der Waals surface area contributed by atoms with Gasteiger partial charge in [-0.3, -0.25) is 14.8 Å². The van der Waals surface area contributed by atoms with Crippen molar-refractivity contribution in [2.45, 2.75) is 13.5 Å². The van der Waals surface area contributed by atoms with Gasteiger partial charge in [-0.05, 0) is 18.6 Å². The van der Waals surface area contributed by atoms with E-state index in [4.69, 9.17) is 0 Å². The van der Waals surface area contributed by atoms with Crippen LogP contribution >= 0.6 is 15.9 Å². The molecule has 4 heteroatoms. The van der Waals surface area contributed by atoms with E-state index < -0.39 is 0 Å². The van der Waals surface area contributed by atoms with Gasteiger partial charge in [-0.2, -0.15) is 0 Å². The number of pyridine rings is 1. The largest absolute Gasteiger partial charge is 0.300 e. The fraction of sp³-hybridized carbons (Fsp3) is 0.615. The third-order valence-electron chi connectivity index (χ3n) is 3.36. The molecule has 1 aliphatic rings. The van der Waals surface area contributed by atoms with Crippen LogP contribution in [0.2, 0.25) is 0 Å². The van der Waals surface area contributed by atoms with Gasteiger partial charge >= 0.3 is 0 Å². The lowest BCUT2D eigenvalue weighted by Gasteiger charge is -2.34. The summed E-state index contributed by atoms with van der Waals surface area (Å²) < 4.78 is 0. The van der Waals surface area contributed by atoms with Gasteiger partial charge in [-0.15, -0.1) is 0 Å². The van der Waals surface area contributed by atoms with Crippen molar-refractivity contribution >= 4 is 15.9 Å². The highest BCUT2D eigenvalue weighted by atomic mass is 79.9. The van der Waals surface area contributed by atoms with E-state index in [1.165, 1.54) is 24.3 Å². The summed E-state index contributed by atoms with van der Waals surface area (Å²) in [6, 6.07) is 4.15. The van der Waals surface area contributed by atoms with Crippen molar-refractivity contribution in [3.8, 4) is 0 Å². The summed E-state index contributed by atoms with van der Waals surface area (Å²) in [4.78, 5) is 9.48. The molecule has 3 nitrogen and oxygen atoms in total. The van der Waals surface area contributed by atoms with Crippen LogP contribution in [-0.2, 0) is 6.54 Å². The molecule has 0 atom stereocenters. The molecule has 1 saturated heterocycles. The Morgan fingerprint density at radius 3 is 2.59 bits per heavy atom. The highest BCUT2D eigenvalue weighted by Crippen LogP contribution is 2.10. The number of nitrogens with zero attached hydrogens (tertiary/aromatic N) is 3. The number of piperazine rings is 1.